The molecule has 0 saturated heterocycles. The second-order valence-corrected chi connectivity index (χ2v) is 3.98. The van der Waals surface area contributed by atoms with Gasteiger partial charge in [0.2, 0.25) is 0 Å². The molecular weight excluding hydrogens is 319 g/mol. The van der Waals surface area contributed by atoms with Crippen molar-refractivity contribution in [2.75, 3.05) is 19.5 Å². The van der Waals surface area contributed by atoms with Crippen LogP contribution in [0.2, 0.25) is 5.02 Å². The Morgan fingerprint density at radius 3 is 2.14 bits per heavy atom. The number of rotatable bonds is 4. The normalized spacial score (nSPS) is 11.0. The number of hydrogen-bond acceptors (Lipinski definition) is 4. The van der Waals surface area contributed by atoms with Crippen molar-refractivity contribution in [3.8, 4) is 11.5 Å². The van der Waals surface area contributed by atoms with Crippen molar-refractivity contribution in [3.63, 3.8) is 0 Å². The first-order valence-corrected chi connectivity index (χ1v) is 5.57. The van der Waals surface area contributed by atoms with Gasteiger partial charge in [0, 0.05) is 6.07 Å². The molecule has 0 fully saturated rings. The van der Waals surface area contributed by atoms with Crippen LogP contribution in [0.5, 0.6) is 11.5 Å². The van der Waals surface area contributed by atoms with Gasteiger partial charge in [0.05, 0.1) is 19.9 Å². The van der Waals surface area contributed by atoms with Crippen LogP contribution in [0.3, 0.4) is 0 Å². The maximum atomic E-state index is 12.3. The summed E-state index contributed by atoms with van der Waals surface area (Å²) in [6.45, 7) is 0. The van der Waals surface area contributed by atoms with Gasteiger partial charge in [0.25, 0.3) is 0 Å². The van der Waals surface area contributed by atoms with Crippen LogP contribution in [0, 0.1) is 0 Å². The Bertz CT molecular complexity index is 588. The van der Waals surface area contributed by atoms with Gasteiger partial charge in [0.1, 0.15) is 22.1 Å². The van der Waals surface area contributed by atoms with E-state index in [9.17, 15) is 22.8 Å². The first-order chi connectivity index (χ1) is 9.63. The highest BCUT2D eigenvalue weighted by Gasteiger charge is 2.40. The van der Waals surface area contributed by atoms with Crippen molar-refractivity contribution in [1.29, 1.82) is 0 Å². The highest BCUT2D eigenvalue weighted by molar-refractivity contribution is 6.36. The van der Waals surface area contributed by atoms with Gasteiger partial charge in [-0.25, -0.2) is 4.79 Å². The van der Waals surface area contributed by atoms with Crippen molar-refractivity contribution in [1.82, 2.24) is 0 Å². The Morgan fingerprint density at radius 2 is 1.76 bits per heavy atom. The maximum Gasteiger partial charge on any atom is 0.471 e. The summed E-state index contributed by atoms with van der Waals surface area (Å²) in [7, 11) is 2.26. The molecule has 0 unspecified atom stereocenters. The summed E-state index contributed by atoms with van der Waals surface area (Å²) in [6.07, 6.45) is -5.21. The average molecular weight is 328 g/mol. The van der Waals surface area contributed by atoms with Crippen molar-refractivity contribution >= 4 is 29.2 Å². The summed E-state index contributed by atoms with van der Waals surface area (Å²) in [5.74, 6) is -4.48. The zero-order valence-corrected chi connectivity index (χ0v) is 11.4. The molecule has 0 bridgehead atoms. The van der Waals surface area contributed by atoms with Gasteiger partial charge in [-0.2, -0.15) is 13.2 Å². The smallest absolute Gasteiger partial charge is 0.471 e. The molecule has 0 aliphatic carbocycles. The fourth-order valence-electron chi connectivity index (χ4n) is 1.43. The number of anilines is 1. The molecule has 0 aromatic heterocycles. The number of benzene rings is 1. The fraction of sp³-hybridized carbons (Fsp3) is 0.273. The average Bonchev–Trinajstić information content (AvgIpc) is 2.38. The van der Waals surface area contributed by atoms with Crippen molar-refractivity contribution in [2.24, 2.45) is 0 Å². The Kier molecular flexibility index (Phi) is 4.89. The Hall–Kier alpha value is -2.16. The van der Waals surface area contributed by atoms with Gasteiger partial charge >= 0.3 is 18.1 Å². The number of carboxylic acid groups (broad SMARTS) is 1. The van der Waals surface area contributed by atoms with Crippen LogP contribution in [0.15, 0.2) is 6.07 Å². The van der Waals surface area contributed by atoms with Crippen molar-refractivity contribution in [2.45, 2.75) is 6.18 Å². The molecule has 0 radical (unpaired) electrons. The van der Waals surface area contributed by atoms with Crippen LogP contribution in [0.25, 0.3) is 0 Å². The molecule has 1 aromatic carbocycles. The summed E-state index contributed by atoms with van der Waals surface area (Å²) in [5, 5.41) is 9.99. The van der Waals surface area contributed by atoms with E-state index >= 15 is 0 Å². The quantitative estimate of drug-likeness (QED) is 0.887. The molecule has 6 nitrogen and oxygen atoms in total. The van der Waals surface area contributed by atoms with Crippen LogP contribution in [0.4, 0.5) is 18.9 Å². The Balaban J connectivity index is 3.52. The SMILES string of the molecule is COc1cc(OC)c(C(=O)O)c(NC(=O)C(F)(F)F)c1Cl. The molecular formula is C11H9ClF3NO5. The molecule has 0 aliphatic heterocycles. The number of aromatic carboxylic acids is 1. The topological polar surface area (TPSA) is 84.9 Å². The number of halogens is 4. The van der Waals surface area contributed by atoms with Gasteiger partial charge in [-0.3, -0.25) is 4.79 Å². The standard InChI is InChI=1S/C11H9ClF3NO5/c1-20-4-3-5(21-2)7(12)8(6(4)9(17)18)16-10(19)11(13,14)15/h3H,1-2H3,(H,16,19)(H,17,18). The van der Waals surface area contributed by atoms with Crippen LogP contribution >= 0.6 is 11.6 Å². The van der Waals surface area contributed by atoms with Crippen LogP contribution in [0.1, 0.15) is 10.4 Å². The van der Waals surface area contributed by atoms with E-state index in [0.29, 0.717) is 0 Å². The number of carbonyl (C=O) groups excluding carboxylic acids is 1. The predicted molar refractivity (Wildman–Crippen MR) is 66.2 cm³/mol. The molecule has 116 valence electrons. The third-order valence-corrected chi connectivity index (χ3v) is 2.72. The summed E-state index contributed by atoms with van der Waals surface area (Å²) in [6, 6.07) is 1.08. The molecule has 21 heavy (non-hydrogen) atoms. The molecule has 0 heterocycles. The lowest BCUT2D eigenvalue weighted by atomic mass is 10.1. The maximum absolute atomic E-state index is 12.3. The van der Waals surface area contributed by atoms with Gasteiger partial charge in [0.15, 0.2) is 0 Å². The fourth-order valence-corrected chi connectivity index (χ4v) is 1.71. The minimum absolute atomic E-state index is 0.156. The lowest BCUT2D eigenvalue weighted by Gasteiger charge is -2.17. The Morgan fingerprint density at radius 1 is 1.24 bits per heavy atom. The number of nitrogens with one attached hydrogen (secondary N) is 1. The summed E-state index contributed by atoms with van der Waals surface area (Å²) < 4.78 is 46.5. The van der Waals surface area contributed by atoms with Crippen LogP contribution in [-0.4, -0.2) is 37.4 Å². The van der Waals surface area contributed by atoms with E-state index in [2.05, 4.69) is 0 Å². The summed E-state index contributed by atoms with van der Waals surface area (Å²) >= 11 is 5.76. The number of carboxylic acids is 1. The second kappa shape index (κ2) is 6.08. The highest BCUT2D eigenvalue weighted by atomic mass is 35.5. The first kappa shape index (κ1) is 16.9. The molecule has 0 spiro atoms. The molecule has 1 aromatic rings. The monoisotopic (exact) mass is 327 g/mol. The molecule has 10 heteroatoms. The molecule has 0 atom stereocenters. The van der Waals surface area contributed by atoms with E-state index in [1.54, 1.807) is 0 Å². The van der Waals surface area contributed by atoms with Gasteiger partial charge in [-0.15, -0.1) is 0 Å². The van der Waals surface area contributed by atoms with E-state index in [1.165, 1.54) is 5.32 Å². The minimum Gasteiger partial charge on any atom is -0.496 e. The molecule has 0 aliphatic rings. The molecule has 0 saturated carbocycles. The van der Waals surface area contributed by atoms with Gasteiger partial charge < -0.3 is 19.9 Å². The summed E-state index contributed by atoms with van der Waals surface area (Å²) in [4.78, 5) is 22.2. The van der Waals surface area contributed by atoms with Gasteiger partial charge in [-0.1, -0.05) is 11.6 Å². The van der Waals surface area contributed by atoms with Crippen molar-refractivity contribution in [3.05, 3.63) is 16.7 Å². The number of carbonyl (C=O) groups is 2. The molecule has 2 N–H and O–H groups in total. The molecule has 1 amide bonds. The third kappa shape index (κ3) is 3.48. The predicted octanol–water partition coefficient (Wildman–Crippen LogP) is 2.56. The van der Waals surface area contributed by atoms with E-state index < -0.39 is 34.3 Å². The first-order valence-electron chi connectivity index (χ1n) is 5.19. The largest absolute Gasteiger partial charge is 0.496 e. The van der Waals surface area contributed by atoms with E-state index in [-0.39, 0.29) is 11.5 Å². The van der Waals surface area contributed by atoms with Crippen LogP contribution in [-0.2, 0) is 4.79 Å². The number of alkyl halides is 3. The Labute approximate surface area is 121 Å². The van der Waals surface area contributed by atoms with Crippen LogP contribution < -0.4 is 14.8 Å². The van der Waals surface area contributed by atoms with E-state index in [1.807, 2.05) is 0 Å². The lowest BCUT2D eigenvalue weighted by Crippen LogP contribution is -2.31. The summed E-state index contributed by atoms with van der Waals surface area (Å²) in [5.41, 5.74) is -1.48. The van der Waals surface area contributed by atoms with E-state index in [0.717, 1.165) is 20.3 Å². The molecule has 1 rings (SSSR count). The second-order valence-electron chi connectivity index (χ2n) is 3.60. The number of ether oxygens (including phenoxy) is 2. The van der Waals surface area contributed by atoms with Crippen molar-refractivity contribution < 1.29 is 37.3 Å². The number of hydrogen-bond donors (Lipinski definition) is 2. The zero-order valence-electron chi connectivity index (χ0n) is 10.7. The van der Waals surface area contributed by atoms with Gasteiger partial charge in [-0.05, 0) is 0 Å². The van der Waals surface area contributed by atoms with E-state index in [4.69, 9.17) is 26.2 Å². The zero-order chi connectivity index (χ0) is 16.4. The third-order valence-electron chi connectivity index (χ3n) is 2.34. The number of amides is 1. The lowest BCUT2D eigenvalue weighted by molar-refractivity contribution is -0.167. The minimum atomic E-state index is -5.21. The highest BCUT2D eigenvalue weighted by Crippen LogP contribution is 2.41. The number of methoxy groups -OCH3 is 2.